The van der Waals surface area contributed by atoms with Gasteiger partial charge in [-0.3, -0.25) is 4.79 Å². The molecule has 0 aliphatic carbocycles. The molecule has 0 fully saturated rings. The molecule has 0 bridgehead atoms. The van der Waals surface area contributed by atoms with Crippen LogP contribution in [0.25, 0.3) is 0 Å². The summed E-state index contributed by atoms with van der Waals surface area (Å²) in [6.45, 7) is 6.89. The number of hydrogen-bond donors (Lipinski definition) is 2. The van der Waals surface area contributed by atoms with Crippen molar-refractivity contribution < 1.29 is 4.79 Å². The summed E-state index contributed by atoms with van der Waals surface area (Å²) in [4.78, 5) is 11.3. The van der Waals surface area contributed by atoms with Crippen molar-refractivity contribution in [2.75, 3.05) is 13.6 Å². The van der Waals surface area contributed by atoms with Crippen molar-refractivity contribution in [3.8, 4) is 0 Å². The molecular weight excluding hydrogens is 164 g/mol. The molecule has 3 nitrogen and oxygen atoms in total. The highest BCUT2D eigenvalue weighted by atomic mass is 16.1. The molecule has 0 aliphatic rings. The fourth-order valence-electron chi connectivity index (χ4n) is 1.06. The topological polar surface area (TPSA) is 41.1 Å². The van der Waals surface area contributed by atoms with Gasteiger partial charge in [0.15, 0.2) is 0 Å². The molecule has 0 rings (SSSR count). The summed E-state index contributed by atoms with van der Waals surface area (Å²) in [5.41, 5.74) is 0. The Morgan fingerprint density at radius 1 is 1.38 bits per heavy atom. The monoisotopic (exact) mass is 186 g/mol. The quantitative estimate of drug-likeness (QED) is 0.653. The molecule has 13 heavy (non-hydrogen) atoms. The zero-order valence-electron chi connectivity index (χ0n) is 9.18. The Hall–Kier alpha value is -0.570. The molecule has 0 aromatic rings. The van der Waals surface area contributed by atoms with E-state index in [1.165, 1.54) is 0 Å². The van der Waals surface area contributed by atoms with Crippen LogP contribution in [0.5, 0.6) is 0 Å². The van der Waals surface area contributed by atoms with Gasteiger partial charge in [0.25, 0.3) is 0 Å². The summed E-state index contributed by atoms with van der Waals surface area (Å²) in [5.74, 6) is 0.242. The van der Waals surface area contributed by atoms with Gasteiger partial charge >= 0.3 is 0 Å². The lowest BCUT2D eigenvalue weighted by Crippen LogP contribution is -2.38. The zero-order valence-corrected chi connectivity index (χ0v) is 9.18. The average Bonchev–Trinajstić information content (AvgIpc) is 2.11. The van der Waals surface area contributed by atoms with Gasteiger partial charge in [-0.1, -0.05) is 20.8 Å². The number of amides is 1. The second kappa shape index (κ2) is 6.89. The van der Waals surface area contributed by atoms with E-state index in [0.29, 0.717) is 6.04 Å². The molecule has 1 atom stereocenters. The molecule has 2 N–H and O–H groups in total. The predicted molar refractivity (Wildman–Crippen MR) is 55.6 cm³/mol. The minimum Gasteiger partial charge on any atom is -0.353 e. The van der Waals surface area contributed by atoms with Gasteiger partial charge in [-0.05, 0) is 26.4 Å². The van der Waals surface area contributed by atoms with E-state index in [9.17, 15) is 4.79 Å². The fourth-order valence-corrected chi connectivity index (χ4v) is 1.06. The van der Waals surface area contributed by atoms with Crippen molar-refractivity contribution in [2.45, 2.75) is 39.7 Å². The van der Waals surface area contributed by atoms with Crippen LogP contribution in [-0.2, 0) is 4.79 Å². The number of carbonyl (C=O) groups excluding carboxylic acids is 1. The van der Waals surface area contributed by atoms with E-state index in [2.05, 4.69) is 17.6 Å². The van der Waals surface area contributed by atoms with Crippen LogP contribution in [0, 0.1) is 5.92 Å². The van der Waals surface area contributed by atoms with Gasteiger partial charge in [0.05, 0.1) is 0 Å². The van der Waals surface area contributed by atoms with E-state index in [-0.39, 0.29) is 11.8 Å². The van der Waals surface area contributed by atoms with E-state index < -0.39 is 0 Å². The summed E-state index contributed by atoms with van der Waals surface area (Å²) in [6.07, 6.45) is 2.01. The third-order valence-electron chi connectivity index (χ3n) is 2.11. The third-order valence-corrected chi connectivity index (χ3v) is 2.11. The van der Waals surface area contributed by atoms with Gasteiger partial charge in [0, 0.05) is 12.0 Å². The second-order valence-electron chi connectivity index (χ2n) is 3.66. The number of nitrogens with one attached hydrogen (secondary N) is 2. The first kappa shape index (κ1) is 12.4. The Morgan fingerprint density at radius 3 is 2.38 bits per heavy atom. The Morgan fingerprint density at radius 2 is 2.00 bits per heavy atom. The molecule has 0 radical (unpaired) electrons. The van der Waals surface area contributed by atoms with Gasteiger partial charge in [-0.15, -0.1) is 0 Å². The van der Waals surface area contributed by atoms with Gasteiger partial charge in [0.2, 0.25) is 5.91 Å². The summed E-state index contributed by atoms with van der Waals surface area (Å²) >= 11 is 0. The van der Waals surface area contributed by atoms with Crippen LogP contribution in [0.15, 0.2) is 0 Å². The Balaban J connectivity index is 3.76. The molecule has 0 heterocycles. The van der Waals surface area contributed by atoms with Crippen LogP contribution in [0.4, 0.5) is 0 Å². The van der Waals surface area contributed by atoms with Crippen LogP contribution >= 0.6 is 0 Å². The van der Waals surface area contributed by atoms with Crippen molar-refractivity contribution in [1.82, 2.24) is 10.6 Å². The molecule has 0 aliphatic heterocycles. The molecule has 0 saturated carbocycles. The van der Waals surface area contributed by atoms with Crippen molar-refractivity contribution in [2.24, 2.45) is 5.92 Å². The molecule has 3 heteroatoms. The maximum absolute atomic E-state index is 11.3. The molecule has 0 spiro atoms. The van der Waals surface area contributed by atoms with Gasteiger partial charge in [-0.25, -0.2) is 0 Å². The van der Waals surface area contributed by atoms with E-state index in [1.807, 2.05) is 20.9 Å². The molecular formula is C10H22N2O. The second-order valence-corrected chi connectivity index (χ2v) is 3.66. The number of rotatable bonds is 6. The molecule has 78 valence electrons. The Bertz CT molecular complexity index is 146. The summed E-state index contributed by atoms with van der Waals surface area (Å²) in [6, 6.07) is 0.322. The zero-order chi connectivity index (χ0) is 10.3. The van der Waals surface area contributed by atoms with Crippen LogP contribution in [0.3, 0.4) is 0 Å². The van der Waals surface area contributed by atoms with Crippen LogP contribution in [0.2, 0.25) is 0 Å². The SMILES string of the molecule is CCC(CCNC)NC(=O)C(C)C. The first-order valence-corrected chi connectivity index (χ1v) is 5.06. The van der Waals surface area contributed by atoms with E-state index in [4.69, 9.17) is 0 Å². The van der Waals surface area contributed by atoms with Gasteiger partial charge < -0.3 is 10.6 Å². The summed E-state index contributed by atoms with van der Waals surface area (Å²) in [7, 11) is 1.93. The van der Waals surface area contributed by atoms with Crippen LogP contribution < -0.4 is 10.6 Å². The van der Waals surface area contributed by atoms with Crippen LogP contribution in [0.1, 0.15) is 33.6 Å². The number of hydrogen-bond acceptors (Lipinski definition) is 2. The minimum absolute atomic E-state index is 0.0867. The number of carbonyl (C=O) groups is 1. The Kier molecular flexibility index (Phi) is 6.59. The Labute approximate surface area is 81.3 Å². The lowest BCUT2D eigenvalue weighted by atomic mass is 10.1. The van der Waals surface area contributed by atoms with Crippen molar-refractivity contribution in [1.29, 1.82) is 0 Å². The van der Waals surface area contributed by atoms with Crippen molar-refractivity contribution in [3.63, 3.8) is 0 Å². The molecule has 0 saturated heterocycles. The van der Waals surface area contributed by atoms with E-state index in [0.717, 1.165) is 19.4 Å². The van der Waals surface area contributed by atoms with Gasteiger partial charge in [0.1, 0.15) is 0 Å². The highest BCUT2D eigenvalue weighted by Crippen LogP contribution is 1.99. The van der Waals surface area contributed by atoms with Crippen LogP contribution in [-0.4, -0.2) is 25.5 Å². The highest BCUT2D eigenvalue weighted by molar-refractivity contribution is 5.78. The smallest absolute Gasteiger partial charge is 0.222 e. The van der Waals surface area contributed by atoms with Gasteiger partial charge in [-0.2, -0.15) is 0 Å². The summed E-state index contributed by atoms with van der Waals surface area (Å²) < 4.78 is 0. The van der Waals surface area contributed by atoms with Crippen molar-refractivity contribution in [3.05, 3.63) is 0 Å². The maximum Gasteiger partial charge on any atom is 0.222 e. The normalized spacial score (nSPS) is 13.0. The lowest BCUT2D eigenvalue weighted by Gasteiger charge is -2.18. The largest absolute Gasteiger partial charge is 0.353 e. The molecule has 1 amide bonds. The molecule has 1 unspecified atom stereocenters. The minimum atomic E-state index is 0.0867. The molecule has 0 aromatic heterocycles. The van der Waals surface area contributed by atoms with E-state index >= 15 is 0 Å². The van der Waals surface area contributed by atoms with Crippen molar-refractivity contribution >= 4 is 5.91 Å². The maximum atomic E-state index is 11.3. The predicted octanol–water partition coefficient (Wildman–Crippen LogP) is 1.15. The lowest BCUT2D eigenvalue weighted by molar-refractivity contribution is -0.124. The first-order chi connectivity index (χ1) is 6.11. The third kappa shape index (κ3) is 5.64. The molecule has 0 aromatic carbocycles. The van der Waals surface area contributed by atoms with E-state index in [1.54, 1.807) is 0 Å². The average molecular weight is 186 g/mol. The standard InChI is InChI=1S/C10H22N2O/c1-5-9(6-7-11-4)12-10(13)8(2)3/h8-9,11H,5-7H2,1-4H3,(H,12,13). The first-order valence-electron chi connectivity index (χ1n) is 5.06. The fraction of sp³-hybridized carbons (Fsp3) is 0.900. The highest BCUT2D eigenvalue weighted by Gasteiger charge is 2.11. The summed E-state index contributed by atoms with van der Waals surface area (Å²) in [5, 5.41) is 6.11.